The van der Waals surface area contributed by atoms with Crippen LogP contribution in [0.5, 0.6) is 0 Å². The lowest BCUT2D eigenvalue weighted by molar-refractivity contribution is -0.677. The molecule has 2 aromatic rings. The van der Waals surface area contributed by atoms with Crippen molar-refractivity contribution in [3.8, 4) is 0 Å². The molecule has 7 N–H and O–H groups in total. The highest BCUT2D eigenvalue weighted by Gasteiger charge is 2.54. The molecule has 0 aromatic carbocycles. The Morgan fingerprint density at radius 1 is 1.41 bits per heavy atom. The van der Waals surface area contributed by atoms with Gasteiger partial charge in [-0.05, 0) is 6.92 Å². The van der Waals surface area contributed by atoms with Gasteiger partial charge in [0, 0.05) is 17.3 Å². The van der Waals surface area contributed by atoms with E-state index in [4.69, 9.17) is 22.0 Å². The second kappa shape index (κ2) is 10.4. The molecule has 2 aliphatic rings. The Labute approximate surface area is 218 Å². The molecule has 0 spiro atoms. The maximum absolute atomic E-state index is 13.1. The number of hydrogen-bond acceptors (Lipinski definition) is 14. The van der Waals surface area contributed by atoms with Gasteiger partial charge in [0.15, 0.2) is 5.13 Å². The second-order valence-corrected chi connectivity index (χ2v) is 9.51. The molecule has 0 bridgehead atoms. The van der Waals surface area contributed by atoms with Crippen molar-refractivity contribution >= 4 is 69.1 Å². The van der Waals surface area contributed by atoms with Crippen LogP contribution >= 0.6 is 23.3 Å². The highest BCUT2D eigenvalue weighted by molar-refractivity contribution is 8.00. The number of fused-ring (bicyclic) bond motifs is 1. The van der Waals surface area contributed by atoms with Crippen LogP contribution in [-0.4, -0.2) is 66.5 Å². The fourth-order valence-corrected chi connectivity index (χ4v) is 5.52. The summed E-state index contributed by atoms with van der Waals surface area (Å²) in [5.41, 5.74) is 17.1. The molecule has 4 heterocycles. The van der Waals surface area contributed by atoms with E-state index < -0.39 is 29.2 Å². The van der Waals surface area contributed by atoms with Crippen LogP contribution in [0.2, 0.25) is 0 Å². The van der Waals surface area contributed by atoms with Gasteiger partial charge in [-0.15, -0.1) is 11.8 Å². The number of nitrogens with one attached hydrogen (secondary N) is 1. The number of nitrogens with two attached hydrogens (primary N) is 3. The molecule has 0 radical (unpaired) electrons. The molecule has 17 heteroatoms. The summed E-state index contributed by atoms with van der Waals surface area (Å²) in [5, 5.41) is 17.9. The van der Waals surface area contributed by atoms with Gasteiger partial charge in [-0.1, -0.05) is 22.8 Å². The molecule has 194 valence electrons. The number of nitrogen functional groups attached to an aromatic ring is 3. The van der Waals surface area contributed by atoms with Crippen molar-refractivity contribution in [2.45, 2.75) is 24.9 Å². The summed E-state index contributed by atoms with van der Waals surface area (Å²) < 4.78 is 5.48. The molecule has 1 saturated heterocycles. The van der Waals surface area contributed by atoms with E-state index in [2.05, 4.69) is 31.4 Å². The smallest absolute Gasteiger partial charge is 0.278 e. The number of nitrogens with zero attached hydrogens (tertiary/aromatic N) is 6. The molecule has 2 aliphatic heterocycles. The third-order valence-corrected chi connectivity index (χ3v) is 7.10. The van der Waals surface area contributed by atoms with Crippen LogP contribution in [0.4, 0.5) is 16.8 Å². The molecular weight excluding hydrogens is 524 g/mol. The van der Waals surface area contributed by atoms with Crippen LogP contribution in [-0.2, 0) is 25.8 Å². The van der Waals surface area contributed by atoms with Crippen molar-refractivity contribution in [2.24, 2.45) is 5.16 Å². The number of β-lactam (4-membered cyclic amide) rings is 1. The quantitative estimate of drug-likeness (QED) is 0.0837. The molecule has 37 heavy (non-hydrogen) atoms. The van der Waals surface area contributed by atoms with Crippen LogP contribution in [0, 0.1) is 0 Å². The largest absolute Gasteiger partial charge is 0.543 e. The van der Waals surface area contributed by atoms with Crippen LogP contribution < -0.4 is 32.2 Å². The number of carboxylic acid groups (broad SMARTS) is 1. The van der Waals surface area contributed by atoms with Crippen molar-refractivity contribution in [1.82, 2.24) is 24.6 Å². The molecule has 0 saturated carbocycles. The van der Waals surface area contributed by atoms with Crippen LogP contribution in [0.25, 0.3) is 5.57 Å². The normalized spacial score (nSPS) is 19.2. The lowest BCUT2D eigenvalue weighted by Gasteiger charge is -2.50. The Bertz CT molecular complexity index is 1360. The number of aromatic nitrogens is 4. The first-order valence-electron chi connectivity index (χ1n) is 10.7. The van der Waals surface area contributed by atoms with Gasteiger partial charge in [-0.3, -0.25) is 14.5 Å². The van der Waals surface area contributed by atoms with Crippen LogP contribution in [0.15, 0.2) is 29.6 Å². The number of carboxylic acids is 1. The van der Waals surface area contributed by atoms with Crippen molar-refractivity contribution in [1.29, 1.82) is 0 Å². The summed E-state index contributed by atoms with van der Waals surface area (Å²) in [4.78, 5) is 52.5. The zero-order chi connectivity index (χ0) is 26.9. The van der Waals surface area contributed by atoms with Gasteiger partial charge in [-0.2, -0.15) is 9.36 Å². The van der Waals surface area contributed by atoms with E-state index in [-0.39, 0.29) is 64.3 Å². The zero-order valence-electron chi connectivity index (χ0n) is 19.4. The molecule has 2 amide bonds. The van der Waals surface area contributed by atoms with Gasteiger partial charge in [0.1, 0.15) is 18.0 Å². The summed E-state index contributed by atoms with van der Waals surface area (Å²) in [6, 6.07) is 0.368. The summed E-state index contributed by atoms with van der Waals surface area (Å²) in [6.07, 6.45) is 1.56. The first kappa shape index (κ1) is 25.8. The number of rotatable bonds is 9. The summed E-state index contributed by atoms with van der Waals surface area (Å²) >= 11 is 2.08. The van der Waals surface area contributed by atoms with Crippen molar-refractivity contribution in [3.63, 3.8) is 0 Å². The topological polar surface area (TPSA) is 232 Å². The van der Waals surface area contributed by atoms with Crippen molar-refractivity contribution in [2.75, 3.05) is 29.6 Å². The number of carbonyl (C=O) groups excluding carboxylic acids is 3. The van der Waals surface area contributed by atoms with Gasteiger partial charge in [0.2, 0.25) is 23.2 Å². The first-order valence-corrected chi connectivity index (χ1v) is 12.6. The molecule has 2 atom stereocenters. The Morgan fingerprint density at radius 3 is 2.78 bits per heavy atom. The highest BCUT2D eigenvalue weighted by atomic mass is 32.2. The predicted octanol–water partition coefficient (Wildman–Crippen LogP) is -2.55. The zero-order valence-corrected chi connectivity index (χ0v) is 21.0. The SMILES string of the molecule is C=CC[n+]1c(N)cc(N)nc1C1=C(C(=O)[O-])N2C(=O)C(NC(=O)/C(=N\OCC)c3nsc(N)n3)[C@H]2SC1. The van der Waals surface area contributed by atoms with E-state index in [1.807, 2.05) is 0 Å². The standard InChI is InChI=1S/C20H22N10O5S2/c1-3-5-29-10(22)6-9(21)24-15(29)8-7-36-18-12(17(32)30(18)13(8)19(33)34)25-16(31)11(27-35-4-2)14-26-20(23)37-28-14/h3,6,12,18H,1,4-5,7H2,2H3,(H7,21,22,23,25,26,28,31,33,34)/b27-11-/t12?,18-/m1/s1. The number of thioether (sulfide) groups is 1. The Hall–Kier alpha value is -4.25. The summed E-state index contributed by atoms with van der Waals surface area (Å²) in [5.74, 6) is -2.53. The lowest BCUT2D eigenvalue weighted by atomic mass is 10.0. The molecule has 2 aromatic heterocycles. The Balaban J connectivity index is 1.65. The monoisotopic (exact) mass is 546 g/mol. The number of aliphatic carboxylic acids is 1. The maximum Gasteiger partial charge on any atom is 0.278 e. The fourth-order valence-electron chi connectivity index (χ4n) is 3.75. The van der Waals surface area contributed by atoms with Crippen molar-refractivity contribution in [3.05, 3.63) is 36.1 Å². The van der Waals surface area contributed by atoms with Crippen LogP contribution in [0.1, 0.15) is 18.6 Å². The minimum Gasteiger partial charge on any atom is -0.543 e. The molecular formula is C20H22N10O5S2. The summed E-state index contributed by atoms with van der Waals surface area (Å²) in [6.45, 7) is 5.73. The third-order valence-electron chi connectivity index (χ3n) is 5.28. The number of allylic oxidation sites excluding steroid dienone is 1. The third kappa shape index (κ3) is 4.77. The molecule has 15 nitrogen and oxygen atoms in total. The van der Waals surface area contributed by atoms with Crippen molar-refractivity contribution < 1.29 is 28.9 Å². The number of anilines is 3. The van der Waals surface area contributed by atoms with Crippen LogP contribution in [0.3, 0.4) is 0 Å². The predicted molar refractivity (Wildman–Crippen MR) is 133 cm³/mol. The number of oxime groups is 1. The van der Waals surface area contributed by atoms with Gasteiger partial charge >= 0.3 is 0 Å². The van der Waals surface area contributed by atoms with E-state index in [0.717, 1.165) is 16.4 Å². The van der Waals surface area contributed by atoms with E-state index in [0.29, 0.717) is 0 Å². The Kier molecular flexibility index (Phi) is 7.25. The van der Waals surface area contributed by atoms with E-state index in [1.54, 1.807) is 13.0 Å². The maximum atomic E-state index is 13.1. The van der Waals surface area contributed by atoms with Gasteiger partial charge in [0.25, 0.3) is 17.6 Å². The van der Waals surface area contributed by atoms with Gasteiger partial charge < -0.3 is 37.3 Å². The second-order valence-electron chi connectivity index (χ2n) is 7.62. The number of amides is 2. The minimum absolute atomic E-state index is 0.0666. The fraction of sp³-hybridized carbons (Fsp3) is 0.300. The molecule has 1 unspecified atom stereocenters. The first-order chi connectivity index (χ1) is 17.7. The van der Waals surface area contributed by atoms with Gasteiger partial charge in [0.05, 0.1) is 29.9 Å². The van der Waals surface area contributed by atoms with E-state index in [9.17, 15) is 19.5 Å². The lowest BCUT2D eigenvalue weighted by Crippen LogP contribution is -2.71. The molecule has 0 aliphatic carbocycles. The minimum atomic E-state index is -1.59. The molecule has 4 rings (SSSR count). The number of hydrogen-bond donors (Lipinski definition) is 4. The average Bonchev–Trinajstić information content (AvgIpc) is 3.28. The molecule has 1 fully saturated rings. The Morgan fingerprint density at radius 2 is 2.16 bits per heavy atom. The van der Waals surface area contributed by atoms with E-state index >= 15 is 0 Å². The van der Waals surface area contributed by atoms with E-state index in [1.165, 1.54) is 22.4 Å². The summed E-state index contributed by atoms with van der Waals surface area (Å²) in [7, 11) is 0. The number of carbonyl (C=O) groups is 3. The average molecular weight is 547 g/mol. The van der Waals surface area contributed by atoms with Gasteiger partial charge in [-0.25, -0.2) is 4.57 Å². The highest BCUT2D eigenvalue weighted by Crippen LogP contribution is 2.42.